The van der Waals surface area contributed by atoms with E-state index in [9.17, 15) is 5.11 Å². The summed E-state index contributed by atoms with van der Waals surface area (Å²) in [5.41, 5.74) is 6.63. The molecule has 0 amide bonds. The van der Waals surface area contributed by atoms with Gasteiger partial charge in [0.15, 0.2) is 0 Å². The van der Waals surface area contributed by atoms with Crippen LogP contribution in [-0.2, 0) is 0 Å². The highest BCUT2D eigenvalue weighted by molar-refractivity contribution is 6.30. The van der Waals surface area contributed by atoms with Crippen LogP contribution < -0.4 is 5.73 Å². The summed E-state index contributed by atoms with van der Waals surface area (Å²) in [6, 6.07) is 4.72. The van der Waals surface area contributed by atoms with Crippen LogP contribution in [-0.4, -0.2) is 5.11 Å². The van der Waals surface area contributed by atoms with E-state index in [2.05, 4.69) is 0 Å². The van der Waals surface area contributed by atoms with Crippen LogP contribution in [0.1, 0.15) is 32.4 Å². The molecule has 14 heavy (non-hydrogen) atoms. The van der Waals surface area contributed by atoms with Gasteiger partial charge in [0.25, 0.3) is 0 Å². The summed E-state index contributed by atoms with van der Waals surface area (Å²) < 4.78 is 0. The minimum Gasteiger partial charge on any atom is -0.508 e. The number of phenolic OH excluding ortho intramolecular Hbond substituents is 1. The van der Waals surface area contributed by atoms with Crippen molar-refractivity contribution in [3.63, 3.8) is 0 Å². The fraction of sp³-hybridized carbons (Fsp3) is 0.455. The molecule has 0 radical (unpaired) electrons. The lowest BCUT2D eigenvalue weighted by atomic mass is 9.83. The van der Waals surface area contributed by atoms with Crippen molar-refractivity contribution in [1.29, 1.82) is 0 Å². The first-order valence-electron chi connectivity index (χ1n) is 4.56. The third-order valence-corrected chi connectivity index (χ3v) is 2.49. The van der Waals surface area contributed by atoms with E-state index in [0.717, 1.165) is 0 Å². The average Bonchev–Trinajstić information content (AvgIpc) is 2.06. The minimum absolute atomic E-state index is 0.0951. The maximum absolute atomic E-state index is 9.63. The van der Waals surface area contributed by atoms with Crippen molar-refractivity contribution < 1.29 is 5.11 Å². The molecular formula is C11H16ClNO. The smallest absolute Gasteiger partial charge is 0.120 e. The van der Waals surface area contributed by atoms with E-state index >= 15 is 0 Å². The van der Waals surface area contributed by atoms with Gasteiger partial charge in [-0.05, 0) is 23.6 Å². The Morgan fingerprint density at radius 2 is 1.93 bits per heavy atom. The molecule has 0 unspecified atom stereocenters. The summed E-state index contributed by atoms with van der Waals surface area (Å²) in [7, 11) is 0. The summed E-state index contributed by atoms with van der Waals surface area (Å²) >= 11 is 5.84. The number of phenols is 1. The normalized spacial score (nSPS) is 14.1. The van der Waals surface area contributed by atoms with Crippen LogP contribution in [0.3, 0.4) is 0 Å². The monoisotopic (exact) mass is 213 g/mol. The fourth-order valence-electron chi connectivity index (χ4n) is 1.24. The molecule has 0 bridgehead atoms. The molecule has 0 aliphatic carbocycles. The lowest BCUT2D eigenvalue weighted by molar-refractivity contribution is 0.318. The fourth-order valence-corrected chi connectivity index (χ4v) is 1.42. The summed E-state index contributed by atoms with van der Waals surface area (Å²) in [5, 5.41) is 10.2. The van der Waals surface area contributed by atoms with Crippen molar-refractivity contribution in [3.05, 3.63) is 28.8 Å². The van der Waals surface area contributed by atoms with E-state index < -0.39 is 0 Å². The van der Waals surface area contributed by atoms with Crippen molar-refractivity contribution in [2.24, 2.45) is 11.1 Å². The summed E-state index contributed by atoms with van der Waals surface area (Å²) in [4.78, 5) is 0. The summed E-state index contributed by atoms with van der Waals surface area (Å²) in [5.74, 6) is 0.205. The van der Waals surface area contributed by atoms with Crippen molar-refractivity contribution in [2.75, 3.05) is 0 Å². The highest BCUT2D eigenvalue weighted by Crippen LogP contribution is 2.36. The molecule has 0 saturated heterocycles. The summed E-state index contributed by atoms with van der Waals surface area (Å²) in [6.07, 6.45) is 0. The largest absolute Gasteiger partial charge is 0.508 e. The molecule has 0 fully saturated rings. The highest BCUT2D eigenvalue weighted by Gasteiger charge is 2.24. The average molecular weight is 214 g/mol. The van der Waals surface area contributed by atoms with Crippen molar-refractivity contribution >= 4 is 11.6 Å². The van der Waals surface area contributed by atoms with E-state index in [0.29, 0.717) is 10.6 Å². The molecule has 0 aliphatic rings. The number of rotatable bonds is 1. The maximum atomic E-state index is 9.63. The van der Waals surface area contributed by atoms with Gasteiger partial charge in [0, 0.05) is 16.6 Å². The van der Waals surface area contributed by atoms with Gasteiger partial charge in [-0.1, -0.05) is 32.4 Å². The van der Waals surface area contributed by atoms with Gasteiger partial charge in [0.1, 0.15) is 5.75 Å². The van der Waals surface area contributed by atoms with E-state index in [1.54, 1.807) is 18.2 Å². The third kappa shape index (κ3) is 2.40. The van der Waals surface area contributed by atoms with Gasteiger partial charge < -0.3 is 10.8 Å². The number of hydrogen-bond acceptors (Lipinski definition) is 2. The van der Waals surface area contributed by atoms with Crippen LogP contribution in [0.25, 0.3) is 0 Å². The van der Waals surface area contributed by atoms with E-state index in [1.165, 1.54) is 0 Å². The second-order valence-electron chi connectivity index (χ2n) is 4.55. The molecule has 78 valence electrons. The SMILES string of the molecule is CC(C)(C)[C@@H](N)c1cc(Cl)ccc1O. The van der Waals surface area contributed by atoms with Gasteiger partial charge >= 0.3 is 0 Å². The zero-order valence-corrected chi connectivity index (χ0v) is 9.47. The topological polar surface area (TPSA) is 46.2 Å². The highest BCUT2D eigenvalue weighted by atomic mass is 35.5. The molecule has 3 N–H and O–H groups in total. The Morgan fingerprint density at radius 3 is 2.43 bits per heavy atom. The standard InChI is InChI=1S/C11H16ClNO/c1-11(2,3)10(13)8-6-7(12)4-5-9(8)14/h4-6,10,14H,13H2,1-3H3/t10-/m0/s1. The van der Waals surface area contributed by atoms with Crippen LogP contribution in [0.15, 0.2) is 18.2 Å². The predicted molar refractivity (Wildman–Crippen MR) is 59.5 cm³/mol. The zero-order chi connectivity index (χ0) is 10.9. The van der Waals surface area contributed by atoms with E-state index in [4.69, 9.17) is 17.3 Å². The maximum Gasteiger partial charge on any atom is 0.120 e. The molecule has 0 heterocycles. The van der Waals surface area contributed by atoms with Crippen LogP contribution in [0.2, 0.25) is 5.02 Å². The Labute approximate surface area is 89.7 Å². The number of hydrogen-bond donors (Lipinski definition) is 2. The first-order valence-corrected chi connectivity index (χ1v) is 4.94. The molecule has 1 atom stereocenters. The molecular weight excluding hydrogens is 198 g/mol. The van der Waals surface area contributed by atoms with Crippen molar-refractivity contribution in [1.82, 2.24) is 0 Å². The Hall–Kier alpha value is -0.730. The van der Waals surface area contributed by atoms with Gasteiger partial charge in [-0.3, -0.25) is 0 Å². The number of halogens is 1. The van der Waals surface area contributed by atoms with Gasteiger partial charge in [-0.2, -0.15) is 0 Å². The molecule has 1 aromatic carbocycles. The molecule has 0 aliphatic heterocycles. The van der Waals surface area contributed by atoms with Crippen LogP contribution in [0.4, 0.5) is 0 Å². The molecule has 0 saturated carbocycles. The Bertz CT molecular complexity index is 331. The van der Waals surface area contributed by atoms with E-state index in [1.807, 2.05) is 20.8 Å². The summed E-state index contributed by atoms with van der Waals surface area (Å²) in [6.45, 7) is 6.08. The van der Waals surface area contributed by atoms with Crippen LogP contribution >= 0.6 is 11.6 Å². The van der Waals surface area contributed by atoms with Gasteiger partial charge in [-0.25, -0.2) is 0 Å². The molecule has 0 aromatic heterocycles. The number of nitrogens with two attached hydrogens (primary N) is 1. The number of benzene rings is 1. The molecule has 1 rings (SSSR count). The lowest BCUT2D eigenvalue weighted by Crippen LogP contribution is -2.26. The first-order chi connectivity index (χ1) is 6.32. The second kappa shape index (κ2) is 3.79. The van der Waals surface area contributed by atoms with Gasteiger partial charge in [-0.15, -0.1) is 0 Å². The Kier molecular flexibility index (Phi) is 3.07. The van der Waals surface area contributed by atoms with E-state index in [-0.39, 0.29) is 17.2 Å². The molecule has 2 nitrogen and oxygen atoms in total. The quantitative estimate of drug-likeness (QED) is 0.753. The van der Waals surface area contributed by atoms with Gasteiger partial charge in [0.05, 0.1) is 0 Å². The molecule has 1 aromatic rings. The van der Waals surface area contributed by atoms with Crippen LogP contribution in [0, 0.1) is 5.41 Å². The van der Waals surface area contributed by atoms with Crippen molar-refractivity contribution in [3.8, 4) is 5.75 Å². The number of aromatic hydroxyl groups is 1. The minimum atomic E-state index is -0.221. The second-order valence-corrected chi connectivity index (χ2v) is 4.98. The predicted octanol–water partition coefficient (Wildman–Crippen LogP) is 3.09. The first kappa shape index (κ1) is 11.3. The van der Waals surface area contributed by atoms with Crippen LogP contribution in [0.5, 0.6) is 5.75 Å². The zero-order valence-electron chi connectivity index (χ0n) is 8.71. The van der Waals surface area contributed by atoms with Gasteiger partial charge in [0.2, 0.25) is 0 Å². The van der Waals surface area contributed by atoms with Crippen molar-refractivity contribution in [2.45, 2.75) is 26.8 Å². The third-order valence-electron chi connectivity index (χ3n) is 2.26. The molecule has 3 heteroatoms. The molecule has 0 spiro atoms. The lowest BCUT2D eigenvalue weighted by Gasteiger charge is -2.27. The Morgan fingerprint density at radius 1 is 1.36 bits per heavy atom. The Balaban J connectivity index is 3.12.